The van der Waals surface area contributed by atoms with E-state index in [1.54, 1.807) is 30.1 Å². The van der Waals surface area contributed by atoms with Crippen LogP contribution in [0.25, 0.3) is 0 Å². The molecule has 0 aliphatic carbocycles. The number of aromatic hydroxyl groups is 1. The van der Waals surface area contributed by atoms with Crippen molar-refractivity contribution in [2.75, 3.05) is 43.0 Å². The predicted molar refractivity (Wildman–Crippen MR) is 148 cm³/mol. The maximum absolute atomic E-state index is 13.5. The zero-order valence-corrected chi connectivity index (χ0v) is 21.3. The number of rotatable bonds is 3. The molecule has 0 saturated carbocycles. The van der Waals surface area contributed by atoms with Gasteiger partial charge in [0.25, 0.3) is 5.91 Å². The minimum absolute atomic E-state index is 0.203. The van der Waals surface area contributed by atoms with Crippen LogP contribution >= 0.6 is 23.8 Å². The van der Waals surface area contributed by atoms with E-state index in [4.69, 9.17) is 28.8 Å². The Morgan fingerprint density at radius 1 is 1.03 bits per heavy atom. The predicted octanol–water partition coefficient (Wildman–Crippen LogP) is 3.88. The van der Waals surface area contributed by atoms with Gasteiger partial charge in [-0.05, 0) is 42.5 Å². The first-order valence-corrected chi connectivity index (χ1v) is 12.5. The molecular weight excluding hydrogens is 494 g/mol. The molecule has 1 amide bonds. The third-order valence-corrected chi connectivity index (χ3v) is 7.08. The number of aliphatic imine (C=N–C) groups is 1. The second-order valence-corrected chi connectivity index (χ2v) is 9.57. The highest BCUT2D eigenvalue weighted by Crippen LogP contribution is 2.30. The fourth-order valence-corrected chi connectivity index (χ4v) is 5.00. The molecule has 2 aliphatic heterocycles. The third-order valence-electron chi connectivity index (χ3n) is 6.47. The smallest absolute Gasteiger partial charge is 0.272 e. The maximum Gasteiger partial charge on any atom is 0.272 e. The van der Waals surface area contributed by atoms with Crippen molar-refractivity contribution in [2.24, 2.45) is 4.99 Å². The summed E-state index contributed by atoms with van der Waals surface area (Å²) < 4.78 is 0. The van der Waals surface area contributed by atoms with Crippen LogP contribution in [0.15, 0.2) is 77.8 Å². The third kappa shape index (κ3) is 4.87. The van der Waals surface area contributed by atoms with E-state index in [1.165, 1.54) is 0 Å². The van der Waals surface area contributed by atoms with Crippen LogP contribution in [-0.4, -0.2) is 66.1 Å². The number of nitrogens with one attached hydrogen (secondary N) is 1. The molecule has 9 heteroatoms. The van der Waals surface area contributed by atoms with E-state index >= 15 is 0 Å². The molecule has 1 saturated heterocycles. The van der Waals surface area contributed by atoms with Crippen molar-refractivity contribution in [2.45, 2.75) is 6.17 Å². The number of phenols is 1. The molecule has 1 unspecified atom stereocenters. The quantitative estimate of drug-likeness (QED) is 0.512. The first kappa shape index (κ1) is 24.1. The van der Waals surface area contributed by atoms with Gasteiger partial charge in [-0.15, -0.1) is 0 Å². The van der Waals surface area contributed by atoms with Gasteiger partial charge in [-0.2, -0.15) is 0 Å². The van der Waals surface area contributed by atoms with Crippen LogP contribution in [0.5, 0.6) is 5.75 Å². The zero-order chi connectivity index (χ0) is 25.2. The molecule has 3 aromatic carbocycles. The molecule has 36 heavy (non-hydrogen) atoms. The van der Waals surface area contributed by atoms with Crippen LogP contribution in [0.2, 0.25) is 5.02 Å². The molecule has 0 bridgehead atoms. The number of nitrogens with zero attached hydrogens (tertiary/aromatic N) is 4. The number of phenolic OH excluding ortho intramolecular Hbond substituents is 1. The Balaban J connectivity index is 1.38. The molecule has 2 N–H and O–H groups in total. The molecule has 2 heterocycles. The van der Waals surface area contributed by atoms with Crippen molar-refractivity contribution >= 4 is 51.9 Å². The maximum atomic E-state index is 13.5. The highest BCUT2D eigenvalue weighted by Gasteiger charge is 2.32. The number of carbonyl (C=O) groups excluding carboxylic acids is 1. The SMILES string of the molecule is CN1C(=O)C(NC(=S)N2CCN(c3cccc(O)c3)CC2)N=C(c2ccccc2)c2cc(Cl)ccc21. The van der Waals surface area contributed by atoms with E-state index < -0.39 is 6.17 Å². The Morgan fingerprint density at radius 3 is 2.50 bits per heavy atom. The van der Waals surface area contributed by atoms with Crippen molar-refractivity contribution in [1.29, 1.82) is 0 Å². The number of fused-ring (bicyclic) bond motifs is 1. The van der Waals surface area contributed by atoms with Gasteiger partial charge in [-0.3, -0.25) is 4.79 Å². The van der Waals surface area contributed by atoms with Crippen LogP contribution < -0.4 is 15.1 Å². The Kier molecular flexibility index (Phi) is 6.80. The van der Waals surface area contributed by atoms with Gasteiger partial charge in [0.05, 0.1) is 11.4 Å². The molecule has 0 radical (unpaired) electrons. The lowest BCUT2D eigenvalue weighted by Crippen LogP contribution is -2.55. The summed E-state index contributed by atoms with van der Waals surface area (Å²) in [5, 5.41) is 14.1. The summed E-state index contributed by atoms with van der Waals surface area (Å²) in [7, 11) is 1.74. The van der Waals surface area contributed by atoms with Gasteiger partial charge in [0, 0.05) is 61.1 Å². The van der Waals surface area contributed by atoms with Crippen LogP contribution in [-0.2, 0) is 4.79 Å². The number of carbonyl (C=O) groups is 1. The van der Waals surface area contributed by atoms with Gasteiger partial charge in [0.1, 0.15) is 5.75 Å². The van der Waals surface area contributed by atoms with E-state index in [2.05, 4.69) is 15.1 Å². The Hall–Kier alpha value is -3.62. The summed E-state index contributed by atoms with van der Waals surface area (Å²) in [6.45, 7) is 2.85. The number of thiocarbonyl (C=S) groups is 1. The van der Waals surface area contributed by atoms with Crippen molar-refractivity contribution < 1.29 is 9.90 Å². The van der Waals surface area contributed by atoms with Crippen molar-refractivity contribution in [3.63, 3.8) is 0 Å². The number of halogens is 1. The van der Waals surface area contributed by atoms with Gasteiger partial charge in [0.15, 0.2) is 5.11 Å². The average molecular weight is 520 g/mol. The molecule has 5 rings (SSSR count). The molecule has 7 nitrogen and oxygen atoms in total. The van der Waals surface area contributed by atoms with Gasteiger partial charge >= 0.3 is 0 Å². The summed E-state index contributed by atoms with van der Waals surface area (Å²) in [5.41, 5.74) is 4.07. The lowest BCUT2D eigenvalue weighted by molar-refractivity contribution is -0.119. The van der Waals surface area contributed by atoms with E-state index in [-0.39, 0.29) is 11.7 Å². The number of amides is 1. The number of hydrogen-bond donors (Lipinski definition) is 2. The Morgan fingerprint density at radius 2 is 1.78 bits per heavy atom. The Labute approximate surface area is 220 Å². The minimum atomic E-state index is -0.881. The second-order valence-electron chi connectivity index (χ2n) is 8.75. The fourth-order valence-electron chi connectivity index (χ4n) is 4.53. The monoisotopic (exact) mass is 519 g/mol. The summed E-state index contributed by atoms with van der Waals surface area (Å²) in [5.74, 6) is 0.0442. The number of piperazine rings is 1. The number of benzodiazepines with no additional fused rings is 1. The fraction of sp³-hybridized carbons (Fsp3) is 0.222. The summed E-state index contributed by atoms with van der Waals surface area (Å²) in [6.07, 6.45) is -0.881. The lowest BCUT2D eigenvalue weighted by Gasteiger charge is -2.38. The van der Waals surface area contributed by atoms with E-state index in [1.807, 2.05) is 54.6 Å². The average Bonchev–Trinajstić information content (AvgIpc) is 2.99. The minimum Gasteiger partial charge on any atom is -0.508 e. The standard InChI is InChI=1S/C27H26ClN5O2S/c1-31-23-11-10-19(28)16-22(23)24(18-6-3-2-4-7-18)29-25(26(31)35)30-27(36)33-14-12-32(13-15-33)20-8-5-9-21(34)17-20/h2-11,16-17,25,34H,12-15H2,1H3,(H,30,36). The van der Waals surface area contributed by atoms with Gasteiger partial charge in [0.2, 0.25) is 6.17 Å². The van der Waals surface area contributed by atoms with Crippen LogP contribution in [0.1, 0.15) is 11.1 Å². The van der Waals surface area contributed by atoms with Crippen molar-refractivity contribution in [3.05, 3.63) is 88.9 Å². The molecule has 184 valence electrons. The molecule has 1 atom stereocenters. The van der Waals surface area contributed by atoms with Crippen molar-refractivity contribution in [1.82, 2.24) is 10.2 Å². The first-order valence-electron chi connectivity index (χ1n) is 11.7. The summed E-state index contributed by atoms with van der Waals surface area (Å²) >= 11 is 12.1. The van der Waals surface area contributed by atoms with E-state index in [9.17, 15) is 9.90 Å². The molecular formula is C27H26ClN5O2S. The molecule has 0 spiro atoms. The van der Waals surface area contributed by atoms with Crippen molar-refractivity contribution in [3.8, 4) is 5.75 Å². The zero-order valence-electron chi connectivity index (χ0n) is 19.8. The number of anilines is 2. The van der Waals surface area contributed by atoms with Crippen LogP contribution in [0.3, 0.4) is 0 Å². The number of likely N-dealkylation sites (N-methyl/N-ethyl adjacent to an activating group) is 1. The molecule has 0 aromatic heterocycles. The van der Waals surface area contributed by atoms with Crippen LogP contribution in [0.4, 0.5) is 11.4 Å². The number of benzene rings is 3. The molecule has 1 fully saturated rings. The van der Waals surface area contributed by atoms with E-state index in [0.717, 1.165) is 35.6 Å². The number of hydrogen-bond acceptors (Lipinski definition) is 5. The van der Waals surface area contributed by atoms with Gasteiger partial charge in [-0.1, -0.05) is 48.0 Å². The summed E-state index contributed by atoms with van der Waals surface area (Å²) in [6, 6.07) is 22.5. The second kappa shape index (κ2) is 10.2. The van der Waals surface area contributed by atoms with Crippen LogP contribution in [0, 0.1) is 0 Å². The first-order chi connectivity index (χ1) is 17.4. The van der Waals surface area contributed by atoms with Gasteiger partial charge in [-0.25, -0.2) is 4.99 Å². The molecule has 3 aromatic rings. The Bertz CT molecular complexity index is 1320. The largest absolute Gasteiger partial charge is 0.508 e. The van der Waals surface area contributed by atoms with E-state index in [0.29, 0.717) is 28.9 Å². The van der Waals surface area contributed by atoms with Gasteiger partial charge < -0.3 is 25.1 Å². The lowest BCUT2D eigenvalue weighted by atomic mass is 10.0. The molecule has 2 aliphatic rings. The topological polar surface area (TPSA) is 71.4 Å². The highest BCUT2D eigenvalue weighted by atomic mass is 35.5. The normalized spacial score (nSPS) is 17.8. The highest BCUT2D eigenvalue weighted by molar-refractivity contribution is 7.80. The summed E-state index contributed by atoms with van der Waals surface area (Å²) in [4.78, 5) is 24.2.